The molecule has 2 aliphatic rings. The Kier molecular flexibility index (Phi) is 5.76. The van der Waals surface area contributed by atoms with Crippen molar-refractivity contribution >= 4 is 6.08 Å². The van der Waals surface area contributed by atoms with Gasteiger partial charge in [-0.2, -0.15) is 5.10 Å². The van der Waals surface area contributed by atoms with E-state index in [2.05, 4.69) is 63.1 Å². The van der Waals surface area contributed by atoms with Gasteiger partial charge in [-0.05, 0) is 95.9 Å². The smallest absolute Gasteiger partial charge is 0.123 e. The highest BCUT2D eigenvalue weighted by molar-refractivity contribution is 5.61. The summed E-state index contributed by atoms with van der Waals surface area (Å²) >= 11 is 0. The van der Waals surface area contributed by atoms with E-state index < -0.39 is 0 Å². The van der Waals surface area contributed by atoms with Gasteiger partial charge in [-0.3, -0.25) is 0 Å². The zero-order valence-corrected chi connectivity index (χ0v) is 20.7. The zero-order valence-electron chi connectivity index (χ0n) is 20.7. The van der Waals surface area contributed by atoms with Gasteiger partial charge in [-0.1, -0.05) is 57.5 Å². The van der Waals surface area contributed by atoms with Gasteiger partial charge in [0.1, 0.15) is 5.82 Å². The van der Waals surface area contributed by atoms with E-state index in [1.54, 1.807) is 12.1 Å². The van der Waals surface area contributed by atoms with Crippen LogP contribution >= 0.6 is 0 Å². The molecule has 1 saturated carbocycles. The fourth-order valence-corrected chi connectivity index (χ4v) is 6.01. The molecule has 1 N–H and O–H groups in total. The van der Waals surface area contributed by atoms with Crippen LogP contribution in [0, 0.1) is 17.2 Å². The lowest BCUT2D eigenvalue weighted by Crippen LogP contribution is -2.43. The maximum atomic E-state index is 13.4. The van der Waals surface area contributed by atoms with Crippen molar-refractivity contribution in [1.29, 1.82) is 0 Å². The van der Waals surface area contributed by atoms with Crippen LogP contribution in [0.2, 0.25) is 0 Å². The van der Waals surface area contributed by atoms with Gasteiger partial charge in [0.05, 0.1) is 23.7 Å². The second kappa shape index (κ2) is 8.49. The Morgan fingerprint density at radius 1 is 1.12 bits per heavy atom. The Bertz CT molecular complexity index is 1200. The van der Waals surface area contributed by atoms with E-state index in [1.807, 2.05) is 10.9 Å². The predicted octanol–water partition coefficient (Wildman–Crippen LogP) is 6.66. The largest absolute Gasteiger partial charge is 0.392 e. The molecule has 0 spiro atoms. The summed E-state index contributed by atoms with van der Waals surface area (Å²) < 4.78 is 15.3. The first-order valence-electron chi connectivity index (χ1n) is 12.5. The Morgan fingerprint density at radius 3 is 2.50 bits per heavy atom. The number of hydrogen-bond donors (Lipinski definition) is 1. The predicted molar refractivity (Wildman–Crippen MR) is 136 cm³/mol. The fraction of sp³-hybridized carbons (Fsp3) is 0.433. The highest BCUT2D eigenvalue weighted by Crippen LogP contribution is 2.52. The van der Waals surface area contributed by atoms with E-state index in [1.165, 1.54) is 34.4 Å². The van der Waals surface area contributed by atoms with Crippen LogP contribution in [-0.2, 0) is 18.3 Å². The van der Waals surface area contributed by atoms with Crippen molar-refractivity contribution < 1.29 is 9.50 Å². The topological polar surface area (TPSA) is 38.1 Å². The molecule has 3 nitrogen and oxygen atoms in total. The Hall–Kier alpha value is -2.72. The van der Waals surface area contributed by atoms with Gasteiger partial charge in [0, 0.05) is 0 Å². The molecule has 3 atom stereocenters. The number of nitrogens with zero attached hydrogens (tertiary/aromatic N) is 2. The van der Waals surface area contributed by atoms with E-state index in [4.69, 9.17) is 0 Å². The molecule has 0 bridgehead atoms. The quantitative estimate of drug-likeness (QED) is 0.475. The summed E-state index contributed by atoms with van der Waals surface area (Å²) in [5.74, 6) is -0.0371. The first-order chi connectivity index (χ1) is 16.1. The molecule has 4 heteroatoms. The molecule has 0 radical (unpaired) electrons. The van der Waals surface area contributed by atoms with Gasteiger partial charge in [-0.15, -0.1) is 0 Å². The molecule has 1 heterocycles. The van der Waals surface area contributed by atoms with Crippen LogP contribution in [0.5, 0.6) is 0 Å². The van der Waals surface area contributed by atoms with E-state index in [0.29, 0.717) is 6.42 Å². The van der Waals surface area contributed by atoms with E-state index >= 15 is 0 Å². The summed E-state index contributed by atoms with van der Waals surface area (Å²) in [6.45, 7) is 9.00. The molecule has 2 aliphatic carbocycles. The first kappa shape index (κ1) is 23.0. The molecule has 178 valence electrons. The number of fused-ring (bicyclic) bond motifs is 2. The summed E-state index contributed by atoms with van der Waals surface area (Å²) in [7, 11) is 0. The molecular weight excluding hydrogens is 423 g/mol. The average Bonchev–Trinajstić information content (AvgIpc) is 3.19. The van der Waals surface area contributed by atoms with Gasteiger partial charge in [0.25, 0.3) is 0 Å². The molecule has 2 aromatic carbocycles. The molecule has 1 fully saturated rings. The molecule has 0 aliphatic heterocycles. The van der Waals surface area contributed by atoms with Crippen molar-refractivity contribution in [3.05, 3.63) is 88.5 Å². The summed E-state index contributed by atoms with van der Waals surface area (Å²) in [4.78, 5) is 0. The summed E-state index contributed by atoms with van der Waals surface area (Å²) in [6.07, 6.45) is 8.58. The maximum absolute atomic E-state index is 13.4. The van der Waals surface area contributed by atoms with E-state index in [-0.39, 0.29) is 28.7 Å². The van der Waals surface area contributed by atoms with Gasteiger partial charge in [-0.25, -0.2) is 9.07 Å². The molecular formula is C30H35FN2O. The van der Waals surface area contributed by atoms with Crippen LogP contribution in [0.3, 0.4) is 0 Å². The Morgan fingerprint density at radius 2 is 1.82 bits per heavy atom. The SMILES string of the molecule is CC(C)(C)c1ccc(C[C@H](O)[C@H]2CCCC3=Cc4c(cnn4-c4ccc(F)cc4)C[C@@]32C)cc1. The van der Waals surface area contributed by atoms with Crippen molar-refractivity contribution in [2.24, 2.45) is 11.3 Å². The second-order valence-corrected chi connectivity index (χ2v) is 11.4. The lowest BCUT2D eigenvalue weighted by Gasteiger charge is -2.47. The summed E-state index contributed by atoms with van der Waals surface area (Å²) in [5, 5.41) is 16.1. The number of allylic oxidation sites excluding steroid dienone is 1. The monoisotopic (exact) mass is 458 g/mol. The highest BCUT2D eigenvalue weighted by Gasteiger charge is 2.46. The van der Waals surface area contributed by atoms with Crippen LogP contribution in [0.1, 0.15) is 69.3 Å². The van der Waals surface area contributed by atoms with Crippen LogP contribution in [0.4, 0.5) is 4.39 Å². The minimum Gasteiger partial charge on any atom is -0.392 e. The lowest BCUT2D eigenvalue weighted by atomic mass is 9.58. The van der Waals surface area contributed by atoms with Gasteiger partial charge < -0.3 is 5.11 Å². The van der Waals surface area contributed by atoms with Crippen LogP contribution < -0.4 is 0 Å². The van der Waals surface area contributed by atoms with E-state index in [0.717, 1.165) is 37.1 Å². The standard InChI is InChI=1S/C30H35FN2O/c1-29(2,3)22-10-8-20(9-11-22)16-28(34)26-7-5-6-23-17-27-21(18-30(23,26)4)19-32-33(27)25-14-12-24(31)13-15-25/h8-15,17,19,26,28,34H,5-7,16,18H2,1-4H3/t26-,28+,30+/m1/s1. The molecule has 3 aromatic rings. The molecule has 34 heavy (non-hydrogen) atoms. The third-order valence-corrected chi connectivity index (χ3v) is 8.07. The first-order valence-corrected chi connectivity index (χ1v) is 12.5. The van der Waals surface area contributed by atoms with Crippen LogP contribution in [0.25, 0.3) is 11.8 Å². The number of aromatic nitrogens is 2. The maximum Gasteiger partial charge on any atom is 0.123 e. The molecule has 0 saturated heterocycles. The molecule has 1 aromatic heterocycles. The Labute approximate surface area is 202 Å². The summed E-state index contributed by atoms with van der Waals surface area (Å²) in [5.41, 5.74) is 7.13. The van der Waals surface area contributed by atoms with Crippen molar-refractivity contribution in [3.8, 4) is 5.69 Å². The minimum absolute atomic E-state index is 0.0767. The highest BCUT2D eigenvalue weighted by atomic mass is 19.1. The van der Waals surface area contributed by atoms with Gasteiger partial charge >= 0.3 is 0 Å². The van der Waals surface area contributed by atoms with Crippen LogP contribution in [0.15, 0.2) is 60.3 Å². The number of rotatable bonds is 4. The van der Waals surface area contributed by atoms with Crippen LogP contribution in [-0.4, -0.2) is 21.0 Å². The number of halogens is 1. The number of hydrogen-bond acceptors (Lipinski definition) is 2. The third-order valence-electron chi connectivity index (χ3n) is 8.07. The molecule has 0 unspecified atom stereocenters. The third kappa shape index (κ3) is 4.13. The van der Waals surface area contributed by atoms with Crippen molar-refractivity contribution in [2.75, 3.05) is 0 Å². The normalized spacial score (nSPS) is 23.1. The van der Waals surface area contributed by atoms with Crippen molar-refractivity contribution in [3.63, 3.8) is 0 Å². The number of benzene rings is 2. The van der Waals surface area contributed by atoms with Crippen molar-refractivity contribution in [2.45, 2.75) is 71.3 Å². The van der Waals surface area contributed by atoms with Crippen molar-refractivity contribution in [1.82, 2.24) is 9.78 Å². The van der Waals surface area contributed by atoms with Gasteiger partial charge in [0.15, 0.2) is 0 Å². The summed E-state index contributed by atoms with van der Waals surface area (Å²) in [6, 6.07) is 15.3. The second-order valence-electron chi connectivity index (χ2n) is 11.4. The average molecular weight is 459 g/mol. The molecule has 5 rings (SSSR count). The minimum atomic E-state index is -0.386. The fourth-order valence-electron chi connectivity index (χ4n) is 6.01. The van der Waals surface area contributed by atoms with E-state index in [9.17, 15) is 9.50 Å². The Balaban J connectivity index is 1.40. The molecule has 0 amide bonds. The zero-order chi connectivity index (χ0) is 24.1. The number of aliphatic hydroxyl groups is 1. The number of aliphatic hydroxyl groups excluding tert-OH is 1. The van der Waals surface area contributed by atoms with Gasteiger partial charge in [0.2, 0.25) is 0 Å². The lowest BCUT2D eigenvalue weighted by molar-refractivity contribution is 0.0234.